The van der Waals surface area contributed by atoms with Gasteiger partial charge in [0.05, 0.1) is 18.7 Å². The van der Waals surface area contributed by atoms with E-state index in [1.807, 2.05) is 30.3 Å². The van der Waals surface area contributed by atoms with E-state index in [0.717, 1.165) is 11.1 Å². The van der Waals surface area contributed by atoms with E-state index in [9.17, 15) is 4.79 Å². The van der Waals surface area contributed by atoms with Crippen LogP contribution in [0.15, 0.2) is 54.0 Å². The highest BCUT2D eigenvalue weighted by Gasteiger charge is 2.31. The quantitative estimate of drug-likeness (QED) is 0.654. The number of carbonyl (C=O) groups is 1. The van der Waals surface area contributed by atoms with Gasteiger partial charge in [-0.1, -0.05) is 30.3 Å². The van der Waals surface area contributed by atoms with Gasteiger partial charge in [0.1, 0.15) is 0 Å². The van der Waals surface area contributed by atoms with Crippen LogP contribution in [-0.4, -0.2) is 28.2 Å². The number of hydrogen-bond donors (Lipinski definition) is 2. The molecule has 1 aliphatic rings. The second-order valence-corrected chi connectivity index (χ2v) is 5.68. The summed E-state index contributed by atoms with van der Waals surface area (Å²) in [7, 11) is 1.35. The number of allylic oxidation sites excluding steroid dienone is 1. The Morgan fingerprint density at radius 2 is 1.88 bits per heavy atom. The van der Waals surface area contributed by atoms with Crippen molar-refractivity contribution in [1.82, 2.24) is 20.6 Å². The Labute approximate surface area is 145 Å². The van der Waals surface area contributed by atoms with E-state index in [1.54, 1.807) is 19.3 Å². The van der Waals surface area contributed by atoms with Gasteiger partial charge >= 0.3 is 5.97 Å². The predicted molar refractivity (Wildman–Crippen MR) is 93.8 cm³/mol. The molecule has 6 nitrogen and oxygen atoms in total. The minimum Gasteiger partial charge on any atom is -0.466 e. The molecule has 1 aliphatic heterocycles. The normalized spacial score (nSPS) is 17.1. The van der Waals surface area contributed by atoms with Crippen LogP contribution in [0.4, 0.5) is 0 Å². The number of ether oxygens (including phenoxy) is 1. The van der Waals surface area contributed by atoms with E-state index in [-0.39, 0.29) is 0 Å². The van der Waals surface area contributed by atoms with Gasteiger partial charge in [-0.05, 0) is 19.1 Å². The minimum atomic E-state index is -0.448. The summed E-state index contributed by atoms with van der Waals surface area (Å²) >= 11 is 5.19. The van der Waals surface area contributed by atoms with Crippen LogP contribution in [0.1, 0.15) is 18.5 Å². The smallest absolute Gasteiger partial charge is 0.337 e. The molecule has 0 saturated heterocycles. The lowest BCUT2D eigenvalue weighted by Gasteiger charge is -2.29. The number of benzene rings is 1. The molecule has 0 fully saturated rings. The van der Waals surface area contributed by atoms with E-state index in [0.29, 0.717) is 22.2 Å². The van der Waals surface area contributed by atoms with Crippen molar-refractivity contribution in [2.24, 2.45) is 0 Å². The van der Waals surface area contributed by atoms with Crippen LogP contribution in [0, 0.1) is 0 Å². The summed E-state index contributed by atoms with van der Waals surface area (Å²) in [6.07, 6.45) is 3.38. The number of rotatable bonds is 3. The van der Waals surface area contributed by atoms with Gasteiger partial charge in [-0.15, -0.1) is 0 Å². The van der Waals surface area contributed by atoms with Gasteiger partial charge in [-0.25, -0.2) is 14.8 Å². The standard InChI is InChI=1S/C17H16N4O2S/c1-10-13(16(22)23-2)14(21-17(24)20-10)12-8-18-15(19-9-12)11-6-4-3-5-7-11/h3-9,14H,1-2H3,(H2,20,21,24). The second-order valence-electron chi connectivity index (χ2n) is 5.27. The molecule has 0 spiro atoms. The first-order valence-electron chi connectivity index (χ1n) is 7.34. The zero-order chi connectivity index (χ0) is 17.1. The van der Waals surface area contributed by atoms with Crippen LogP contribution in [0.3, 0.4) is 0 Å². The highest BCUT2D eigenvalue weighted by Crippen LogP contribution is 2.27. The maximum atomic E-state index is 12.1. The lowest BCUT2D eigenvalue weighted by atomic mass is 9.98. The summed E-state index contributed by atoms with van der Waals surface area (Å²) < 4.78 is 4.88. The number of methoxy groups -OCH3 is 1. The highest BCUT2D eigenvalue weighted by molar-refractivity contribution is 7.80. The predicted octanol–water partition coefficient (Wildman–Crippen LogP) is 2.11. The first-order valence-corrected chi connectivity index (χ1v) is 7.75. The van der Waals surface area contributed by atoms with Crippen LogP contribution in [0.25, 0.3) is 11.4 Å². The van der Waals surface area contributed by atoms with Crippen molar-refractivity contribution in [3.05, 3.63) is 59.6 Å². The molecule has 24 heavy (non-hydrogen) atoms. The topological polar surface area (TPSA) is 76.1 Å². The Morgan fingerprint density at radius 3 is 2.50 bits per heavy atom. The number of nitrogens with zero attached hydrogens (tertiary/aromatic N) is 2. The Balaban J connectivity index is 1.96. The first-order chi connectivity index (χ1) is 11.6. The monoisotopic (exact) mass is 340 g/mol. The SMILES string of the molecule is COC(=O)C1=C(C)NC(=S)NC1c1cnc(-c2ccccc2)nc1. The number of aromatic nitrogens is 2. The first kappa shape index (κ1) is 16.1. The molecule has 2 aromatic rings. The number of carbonyl (C=O) groups excluding carboxylic acids is 1. The Morgan fingerprint density at radius 1 is 1.21 bits per heavy atom. The molecular weight excluding hydrogens is 324 g/mol. The Bertz CT molecular complexity index is 803. The lowest BCUT2D eigenvalue weighted by molar-refractivity contribution is -0.136. The van der Waals surface area contributed by atoms with E-state index in [4.69, 9.17) is 17.0 Å². The number of esters is 1. The molecule has 122 valence electrons. The number of nitrogens with one attached hydrogen (secondary N) is 2. The molecule has 0 saturated carbocycles. The average molecular weight is 340 g/mol. The van der Waals surface area contributed by atoms with Crippen molar-refractivity contribution in [3.63, 3.8) is 0 Å². The van der Waals surface area contributed by atoms with Gasteiger partial charge in [0.25, 0.3) is 0 Å². The van der Waals surface area contributed by atoms with Gasteiger partial charge in [-0.3, -0.25) is 0 Å². The molecule has 1 unspecified atom stereocenters. The van der Waals surface area contributed by atoms with E-state index in [1.165, 1.54) is 7.11 Å². The summed E-state index contributed by atoms with van der Waals surface area (Å²) in [6.45, 7) is 1.78. The minimum absolute atomic E-state index is 0.424. The molecule has 0 aliphatic carbocycles. The van der Waals surface area contributed by atoms with Gasteiger partial charge < -0.3 is 15.4 Å². The zero-order valence-electron chi connectivity index (χ0n) is 13.2. The summed E-state index contributed by atoms with van der Waals surface area (Å²) in [5, 5.41) is 6.45. The van der Waals surface area contributed by atoms with Gasteiger partial charge in [0.15, 0.2) is 10.9 Å². The fraction of sp³-hybridized carbons (Fsp3) is 0.176. The third kappa shape index (κ3) is 3.11. The van der Waals surface area contributed by atoms with Gasteiger partial charge in [0.2, 0.25) is 0 Å². The highest BCUT2D eigenvalue weighted by atomic mass is 32.1. The number of hydrogen-bond acceptors (Lipinski definition) is 5. The van der Waals surface area contributed by atoms with Crippen LogP contribution < -0.4 is 10.6 Å². The molecule has 1 atom stereocenters. The molecule has 0 radical (unpaired) electrons. The molecule has 0 bridgehead atoms. The largest absolute Gasteiger partial charge is 0.466 e. The van der Waals surface area contributed by atoms with Crippen LogP contribution in [-0.2, 0) is 9.53 Å². The van der Waals surface area contributed by atoms with Crippen molar-refractivity contribution >= 4 is 23.3 Å². The third-order valence-corrected chi connectivity index (χ3v) is 3.93. The molecule has 2 N–H and O–H groups in total. The van der Waals surface area contributed by atoms with Crippen molar-refractivity contribution in [2.45, 2.75) is 13.0 Å². The molecule has 7 heteroatoms. The summed E-state index contributed by atoms with van der Waals surface area (Å²) in [6, 6.07) is 9.24. The van der Waals surface area contributed by atoms with E-state index >= 15 is 0 Å². The molecule has 2 heterocycles. The van der Waals surface area contributed by atoms with Crippen molar-refractivity contribution < 1.29 is 9.53 Å². The van der Waals surface area contributed by atoms with Crippen LogP contribution >= 0.6 is 12.2 Å². The number of thiocarbonyl (C=S) groups is 1. The molecule has 0 amide bonds. The van der Waals surface area contributed by atoms with Crippen molar-refractivity contribution in [2.75, 3.05) is 7.11 Å². The maximum absolute atomic E-state index is 12.1. The fourth-order valence-electron chi connectivity index (χ4n) is 2.55. The molecule has 1 aromatic carbocycles. The second kappa shape index (κ2) is 6.76. The van der Waals surface area contributed by atoms with E-state index < -0.39 is 12.0 Å². The molecule has 3 rings (SSSR count). The maximum Gasteiger partial charge on any atom is 0.337 e. The summed E-state index contributed by atoms with van der Waals surface area (Å²) in [5.74, 6) is 0.198. The van der Waals surface area contributed by atoms with Gasteiger partial charge in [0, 0.05) is 29.2 Å². The van der Waals surface area contributed by atoms with Gasteiger partial charge in [-0.2, -0.15) is 0 Å². The fourth-order valence-corrected chi connectivity index (χ4v) is 2.82. The van der Waals surface area contributed by atoms with Crippen LogP contribution in [0.2, 0.25) is 0 Å². The van der Waals surface area contributed by atoms with Crippen molar-refractivity contribution in [1.29, 1.82) is 0 Å². The summed E-state index contributed by atoms with van der Waals surface area (Å²) in [4.78, 5) is 20.9. The summed E-state index contributed by atoms with van der Waals surface area (Å²) in [5.41, 5.74) is 2.78. The average Bonchev–Trinajstić information content (AvgIpc) is 2.61. The third-order valence-electron chi connectivity index (χ3n) is 3.71. The van der Waals surface area contributed by atoms with E-state index in [2.05, 4.69) is 20.6 Å². The molecule has 1 aromatic heterocycles. The Kier molecular flexibility index (Phi) is 4.52. The van der Waals surface area contributed by atoms with Crippen molar-refractivity contribution in [3.8, 4) is 11.4 Å². The van der Waals surface area contributed by atoms with Crippen LogP contribution in [0.5, 0.6) is 0 Å². The Hall–Kier alpha value is -2.80. The molecular formula is C17H16N4O2S. The zero-order valence-corrected chi connectivity index (χ0v) is 14.1. The lowest BCUT2D eigenvalue weighted by Crippen LogP contribution is -2.45.